The zero-order valence-electron chi connectivity index (χ0n) is 12.1. The van der Waals surface area contributed by atoms with Crippen molar-refractivity contribution in [3.63, 3.8) is 0 Å². The lowest BCUT2D eigenvalue weighted by Gasteiger charge is -2.12. The van der Waals surface area contributed by atoms with E-state index in [2.05, 4.69) is 5.32 Å². The number of nitrogens with zero attached hydrogens (tertiary/aromatic N) is 1. The minimum Gasteiger partial charge on any atom is -0.352 e. The van der Waals surface area contributed by atoms with E-state index in [1.807, 2.05) is 12.1 Å². The van der Waals surface area contributed by atoms with E-state index in [1.165, 1.54) is 4.90 Å². The predicted octanol–water partition coefficient (Wildman–Crippen LogP) is 1.16. The van der Waals surface area contributed by atoms with Crippen LogP contribution in [-0.4, -0.2) is 36.9 Å². The molecular weight excluding hydrogens is 278 g/mol. The molecular formula is C14H22ClN3O2. The molecule has 2 amide bonds. The number of hydrogen-bond donors (Lipinski definition) is 2. The predicted molar refractivity (Wildman–Crippen MR) is 81.8 cm³/mol. The number of carbonyl (C=O) groups is 2. The second-order valence-corrected chi connectivity index (χ2v) is 4.86. The zero-order valence-corrected chi connectivity index (χ0v) is 12.9. The fourth-order valence-corrected chi connectivity index (χ4v) is 1.64. The van der Waals surface area contributed by atoms with E-state index in [9.17, 15) is 9.59 Å². The third-order valence-electron chi connectivity index (χ3n) is 2.58. The number of nitrogens with one attached hydrogen (secondary N) is 1. The monoisotopic (exact) mass is 299 g/mol. The number of nitrogens with two attached hydrogens (primary N) is 1. The first-order valence-electron chi connectivity index (χ1n) is 6.23. The highest BCUT2D eigenvalue weighted by Crippen LogP contribution is 2.07. The van der Waals surface area contributed by atoms with Gasteiger partial charge in [0.25, 0.3) is 5.91 Å². The van der Waals surface area contributed by atoms with Gasteiger partial charge in [-0.1, -0.05) is 12.1 Å². The molecule has 0 aliphatic rings. The largest absolute Gasteiger partial charge is 0.352 e. The first kappa shape index (κ1) is 18.4. The van der Waals surface area contributed by atoms with Gasteiger partial charge >= 0.3 is 0 Å². The summed E-state index contributed by atoms with van der Waals surface area (Å²) >= 11 is 0. The molecule has 112 valence electrons. The van der Waals surface area contributed by atoms with Crippen molar-refractivity contribution in [2.45, 2.75) is 25.9 Å². The van der Waals surface area contributed by atoms with E-state index < -0.39 is 0 Å². The summed E-state index contributed by atoms with van der Waals surface area (Å²) in [6, 6.07) is 7.08. The molecule has 1 atom stereocenters. The molecule has 5 nitrogen and oxygen atoms in total. The molecule has 0 heterocycles. The highest BCUT2D eigenvalue weighted by molar-refractivity contribution is 5.94. The molecule has 1 aromatic rings. The Balaban J connectivity index is 0.00000361. The molecule has 0 aliphatic heterocycles. The van der Waals surface area contributed by atoms with Gasteiger partial charge < -0.3 is 16.0 Å². The molecule has 0 radical (unpaired) electrons. The Morgan fingerprint density at radius 3 is 2.55 bits per heavy atom. The third-order valence-corrected chi connectivity index (χ3v) is 2.58. The van der Waals surface area contributed by atoms with E-state index in [-0.39, 0.29) is 30.3 Å². The highest BCUT2D eigenvalue weighted by Gasteiger charge is 2.09. The Morgan fingerprint density at radius 1 is 1.35 bits per heavy atom. The van der Waals surface area contributed by atoms with Crippen LogP contribution in [0.1, 0.15) is 29.3 Å². The van der Waals surface area contributed by atoms with Gasteiger partial charge in [0.05, 0.1) is 0 Å². The van der Waals surface area contributed by atoms with Crippen molar-refractivity contribution in [1.29, 1.82) is 0 Å². The molecule has 3 N–H and O–H groups in total. The second kappa shape index (κ2) is 8.55. The van der Waals surface area contributed by atoms with Crippen molar-refractivity contribution in [3.05, 3.63) is 35.4 Å². The summed E-state index contributed by atoms with van der Waals surface area (Å²) in [6.07, 6.45) is 0.302. The average Bonchev–Trinajstić information content (AvgIpc) is 2.35. The van der Waals surface area contributed by atoms with Crippen LogP contribution in [-0.2, 0) is 11.3 Å². The minimum atomic E-state index is -0.151. The maximum absolute atomic E-state index is 11.8. The maximum Gasteiger partial charge on any atom is 0.253 e. The lowest BCUT2D eigenvalue weighted by molar-refractivity contribution is -0.121. The first-order chi connectivity index (χ1) is 8.90. The van der Waals surface area contributed by atoms with Gasteiger partial charge in [-0.3, -0.25) is 9.59 Å². The van der Waals surface area contributed by atoms with Crippen molar-refractivity contribution < 1.29 is 9.59 Å². The Morgan fingerprint density at radius 2 is 2.00 bits per heavy atom. The van der Waals surface area contributed by atoms with Crippen LogP contribution in [0.5, 0.6) is 0 Å². The van der Waals surface area contributed by atoms with Gasteiger partial charge in [-0.2, -0.15) is 0 Å². The molecule has 0 aliphatic carbocycles. The summed E-state index contributed by atoms with van der Waals surface area (Å²) in [4.78, 5) is 24.8. The SMILES string of the molecule is CC(N)CC(=O)NCc1cccc(C(=O)N(C)C)c1.Cl. The Labute approximate surface area is 125 Å². The van der Waals surface area contributed by atoms with E-state index in [1.54, 1.807) is 33.2 Å². The van der Waals surface area contributed by atoms with Crippen LogP contribution < -0.4 is 11.1 Å². The Bertz CT molecular complexity index is 461. The van der Waals surface area contributed by atoms with Crippen molar-refractivity contribution in [3.8, 4) is 0 Å². The topological polar surface area (TPSA) is 75.4 Å². The minimum absolute atomic E-state index is 0. The highest BCUT2D eigenvalue weighted by atomic mass is 35.5. The maximum atomic E-state index is 11.8. The summed E-state index contributed by atoms with van der Waals surface area (Å²) in [7, 11) is 3.42. The summed E-state index contributed by atoms with van der Waals surface area (Å²) in [6.45, 7) is 2.19. The van der Waals surface area contributed by atoms with Crippen molar-refractivity contribution in [1.82, 2.24) is 10.2 Å². The van der Waals surface area contributed by atoms with E-state index >= 15 is 0 Å². The molecule has 0 bridgehead atoms. The van der Waals surface area contributed by atoms with Gasteiger partial charge in [0, 0.05) is 38.7 Å². The quantitative estimate of drug-likeness (QED) is 0.857. The van der Waals surface area contributed by atoms with Crippen LogP contribution in [0, 0.1) is 0 Å². The van der Waals surface area contributed by atoms with Gasteiger partial charge in [0.2, 0.25) is 5.91 Å². The number of halogens is 1. The van der Waals surface area contributed by atoms with Gasteiger partial charge in [0.15, 0.2) is 0 Å². The summed E-state index contributed by atoms with van der Waals surface area (Å²) in [5.41, 5.74) is 7.06. The van der Waals surface area contributed by atoms with Crippen LogP contribution in [0.15, 0.2) is 24.3 Å². The molecule has 0 aromatic heterocycles. The van der Waals surface area contributed by atoms with Crippen LogP contribution in [0.2, 0.25) is 0 Å². The molecule has 1 unspecified atom stereocenters. The molecule has 20 heavy (non-hydrogen) atoms. The second-order valence-electron chi connectivity index (χ2n) is 4.86. The number of carbonyl (C=O) groups excluding carboxylic acids is 2. The van der Waals surface area contributed by atoms with E-state index in [0.29, 0.717) is 18.5 Å². The summed E-state index contributed by atoms with van der Waals surface area (Å²) < 4.78 is 0. The number of rotatable bonds is 5. The molecule has 0 spiro atoms. The molecule has 1 aromatic carbocycles. The van der Waals surface area contributed by atoms with Gasteiger partial charge in [-0.05, 0) is 24.6 Å². The lowest BCUT2D eigenvalue weighted by Crippen LogP contribution is -2.29. The first-order valence-corrected chi connectivity index (χ1v) is 6.23. The summed E-state index contributed by atoms with van der Waals surface area (Å²) in [5, 5.41) is 2.78. The number of hydrogen-bond acceptors (Lipinski definition) is 3. The van der Waals surface area contributed by atoms with Crippen molar-refractivity contribution >= 4 is 24.2 Å². The average molecular weight is 300 g/mol. The van der Waals surface area contributed by atoms with Crippen molar-refractivity contribution in [2.75, 3.05) is 14.1 Å². The van der Waals surface area contributed by atoms with Crippen LogP contribution in [0.3, 0.4) is 0 Å². The molecule has 0 fully saturated rings. The Kier molecular flexibility index (Phi) is 7.87. The van der Waals surface area contributed by atoms with Gasteiger partial charge in [-0.25, -0.2) is 0 Å². The third kappa shape index (κ3) is 6.04. The molecule has 0 saturated heterocycles. The standard InChI is InChI=1S/C14H21N3O2.ClH/c1-10(15)7-13(18)16-9-11-5-4-6-12(8-11)14(19)17(2)3;/h4-6,8,10H,7,9,15H2,1-3H3,(H,16,18);1H. The van der Waals surface area contributed by atoms with E-state index in [0.717, 1.165) is 5.56 Å². The number of amides is 2. The number of benzene rings is 1. The fraction of sp³-hybridized carbons (Fsp3) is 0.429. The van der Waals surface area contributed by atoms with Crippen LogP contribution >= 0.6 is 12.4 Å². The van der Waals surface area contributed by atoms with Gasteiger partial charge in [0.1, 0.15) is 0 Å². The Hall–Kier alpha value is -1.59. The smallest absolute Gasteiger partial charge is 0.253 e. The van der Waals surface area contributed by atoms with Crippen molar-refractivity contribution in [2.24, 2.45) is 5.73 Å². The fourth-order valence-electron chi connectivity index (χ4n) is 1.64. The zero-order chi connectivity index (χ0) is 14.4. The van der Waals surface area contributed by atoms with Gasteiger partial charge in [-0.15, -0.1) is 12.4 Å². The van der Waals surface area contributed by atoms with Crippen LogP contribution in [0.25, 0.3) is 0 Å². The normalized spacial score (nSPS) is 11.2. The van der Waals surface area contributed by atoms with E-state index in [4.69, 9.17) is 5.73 Å². The lowest BCUT2D eigenvalue weighted by atomic mass is 10.1. The molecule has 1 rings (SSSR count). The molecule has 6 heteroatoms. The van der Waals surface area contributed by atoms with Crippen LogP contribution in [0.4, 0.5) is 0 Å². The summed E-state index contributed by atoms with van der Waals surface area (Å²) in [5.74, 6) is -0.136. The molecule has 0 saturated carbocycles.